The summed E-state index contributed by atoms with van der Waals surface area (Å²) in [5.41, 5.74) is 0. The van der Waals surface area contributed by atoms with Crippen molar-refractivity contribution in [3.63, 3.8) is 0 Å². The SMILES string of the molecule is O=C(O)OC(=O)OC(=O)O.[Cs+].[Cs+].[H-].[H-].[H-].[H-].[H-].[H-].[Mg+2].[Mg+2]. The maximum absolute atomic E-state index is 9.86. The molecule has 0 saturated carbocycles. The van der Waals surface area contributed by atoms with Crippen molar-refractivity contribution in [2.45, 2.75) is 0 Å². The molecule has 0 heterocycles. The van der Waals surface area contributed by atoms with Crippen molar-refractivity contribution in [2.24, 2.45) is 0 Å². The number of carbonyl (C=O) groups excluding carboxylic acids is 1. The van der Waals surface area contributed by atoms with Crippen LogP contribution in [0.4, 0.5) is 14.4 Å². The number of carbonyl (C=O) groups is 3. The molecule has 0 bridgehead atoms. The molecule has 0 aromatic carbocycles. The zero-order valence-corrected chi connectivity index (χ0v) is 23.2. The third-order valence-electron chi connectivity index (χ3n) is 0.341. The van der Waals surface area contributed by atoms with Crippen LogP contribution in [0.15, 0.2) is 0 Å². The van der Waals surface area contributed by atoms with Gasteiger partial charge in [0.05, 0.1) is 0 Å². The summed E-state index contributed by atoms with van der Waals surface area (Å²) in [5.74, 6) is 0. The van der Waals surface area contributed by atoms with Gasteiger partial charge >= 0.3 is 202 Å². The molecule has 68 valence electrons. The second-order valence-electron chi connectivity index (χ2n) is 0.986. The largest absolute Gasteiger partial charge is 2.00 e. The Morgan fingerprint density at radius 3 is 1.21 bits per heavy atom. The van der Waals surface area contributed by atoms with Crippen molar-refractivity contribution in [3.05, 3.63) is 0 Å². The third-order valence-corrected chi connectivity index (χ3v) is 0.341. The van der Waals surface area contributed by atoms with E-state index in [-0.39, 0.29) is 192 Å². The Morgan fingerprint density at radius 2 is 1.07 bits per heavy atom. The molecule has 0 saturated heterocycles. The zero-order chi connectivity index (χ0) is 8.15. The first kappa shape index (κ1) is 30.7. The Bertz CT molecular complexity index is 185. The molecule has 0 radical (unpaired) electrons. The second-order valence-corrected chi connectivity index (χ2v) is 0.986. The van der Waals surface area contributed by atoms with Crippen molar-refractivity contribution in [2.75, 3.05) is 0 Å². The summed E-state index contributed by atoms with van der Waals surface area (Å²) in [7, 11) is 0. The molecule has 0 rings (SSSR count). The minimum absolute atomic E-state index is 0. The van der Waals surface area contributed by atoms with Crippen LogP contribution in [0.1, 0.15) is 8.56 Å². The van der Waals surface area contributed by atoms with Crippen LogP contribution in [0.2, 0.25) is 0 Å². The molecule has 0 aromatic heterocycles. The summed E-state index contributed by atoms with van der Waals surface area (Å²) in [6.07, 6.45) is -5.64. The van der Waals surface area contributed by atoms with Crippen LogP contribution < -0.4 is 138 Å². The summed E-state index contributed by atoms with van der Waals surface area (Å²) < 4.78 is 6.47. The number of carboxylic acid groups (broad SMARTS) is 2. The summed E-state index contributed by atoms with van der Waals surface area (Å²) >= 11 is 0. The van der Waals surface area contributed by atoms with E-state index in [0.29, 0.717) is 0 Å². The molecule has 0 aliphatic rings. The molecule has 11 heteroatoms. The van der Waals surface area contributed by atoms with Gasteiger partial charge in [0.2, 0.25) is 0 Å². The first-order valence-electron chi connectivity index (χ1n) is 1.88. The summed E-state index contributed by atoms with van der Waals surface area (Å²) in [6.45, 7) is 0. The molecule has 0 aromatic rings. The molecule has 0 unspecified atom stereocenters. The molecular formula is C3H8Cs2Mg2O7. The minimum Gasteiger partial charge on any atom is -1.00 e. The van der Waals surface area contributed by atoms with Gasteiger partial charge in [-0.05, 0) is 0 Å². The van der Waals surface area contributed by atoms with Gasteiger partial charge in [0.15, 0.2) is 0 Å². The fraction of sp³-hybridized carbons (Fsp3) is 0. The number of ether oxygens (including phenoxy) is 2. The van der Waals surface area contributed by atoms with E-state index in [9.17, 15) is 14.4 Å². The van der Waals surface area contributed by atoms with Gasteiger partial charge in [-0.2, -0.15) is 0 Å². The Hall–Kier alpha value is 3.85. The topological polar surface area (TPSA) is 110 Å². The molecule has 0 amide bonds. The van der Waals surface area contributed by atoms with Gasteiger partial charge in [0.25, 0.3) is 0 Å². The third kappa shape index (κ3) is 24.9. The average Bonchev–Trinajstić information content (AvgIpc) is 1.58. The van der Waals surface area contributed by atoms with Crippen LogP contribution in [0.3, 0.4) is 0 Å². The van der Waals surface area contributed by atoms with Gasteiger partial charge in [-0.15, -0.1) is 0 Å². The van der Waals surface area contributed by atoms with E-state index >= 15 is 0 Å². The molecular weight excluding hydrogens is 462 g/mol. The standard InChI is InChI=1S/C3H2O7.2Cs.2Mg.6H/c4-1(5)9-3(8)10-2(6)7;;;;;;;;;;/h(H,4,5)(H,6,7);;;;;;;;;;/q;2*+1;2*+2;6*-1. The Labute approximate surface area is 238 Å². The fourth-order valence-corrected chi connectivity index (χ4v) is 0.163. The molecule has 2 N–H and O–H groups in total. The minimum atomic E-state index is -1.92. The fourth-order valence-electron chi connectivity index (χ4n) is 0.163. The monoisotopic (exact) mass is 470 g/mol. The van der Waals surface area contributed by atoms with Crippen LogP contribution >= 0.6 is 0 Å². The predicted octanol–water partition coefficient (Wildman–Crippen LogP) is -5.58. The molecule has 7 nitrogen and oxygen atoms in total. The van der Waals surface area contributed by atoms with E-state index in [1.165, 1.54) is 0 Å². The molecule has 0 fully saturated rings. The van der Waals surface area contributed by atoms with Crippen LogP contribution in [-0.4, -0.2) is 74.8 Å². The Kier molecular flexibility index (Phi) is 42.1. The van der Waals surface area contributed by atoms with Crippen molar-refractivity contribution in [3.8, 4) is 0 Å². The first-order chi connectivity index (χ1) is 4.52. The predicted molar refractivity (Wildman–Crippen MR) is 41.8 cm³/mol. The van der Waals surface area contributed by atoms with Gasteiger partial charge in [-0.25, -0.2) is 14.4 Å². The van der Waals surface area contributed by atoms with Gasteiger partial charge in [-0.1, -0.05) is 0 Å². The molecule has 0 atom stereocenters. The average molecular weight is 471 g/mol. The zero-order valence-electron chi connectivity index (χ0n) is 13.8. The summed E-state index contributed by atoms with van der Waals surface area (Å²) in [5, 5.41) is 15.4. The van der Waals surface area contributed by atoms with E-state index < -0.39 is 18.5 Å². The van der Waals surface area contributed by atoms with Crippen molar-refractivity contribution in [1.82, 2.24) is 0 Å². The van der Waals surface area contributed by atoms with E-state index in [2.05, 4.69) is 9.47 Å². The van der Waals surface area contributed by atoms with E-state index in [1.54, 1.807) is 0 Å². The van der Waals surface area contributed by atoms with Crippen LogP contribution in [0.5, 0.6) is 0 Å². The van der Waals surface area contributed by atoms with Crippen molar-refractivity contribution >= 4 is 64.6 Å². The van der Waals surface area contributed by atoms with Gasteiger partial charge in [0, 0.05) is 0 Å². The first-order valence-corrected chi connectivity index (χ1v) is 1.88. The Morgan fingerprint density at radius 1 is 0.857 bits per heavy atom. The molecule has 14 heavy (non-hydrogen) atoms. The maximum Gasteiger partial charge on any atom is 2.00 e. The molecule has 0 aliphatic heterocycles. The van der Waals surface area contributed by atoms with Crippen LogP contribution in [-0.2, 0) is 9.47 Å². The second kappa shape index (κ2) is 19.2. The smallest absolute Gasteiger partial charge is 1.00 e. The van der Waals surface area contributed by atoms with Gasteiger partial charge < -0.3 is 28.2 Å². The van der Waals surface area contributed by atoms with Crippen molar-refractivity contribution < 1.29 is 180 Å². The Balaban J connectivity index is -0.00000000900. The van der Waals surface area contributed by atoms with E-state index in [1.807, 2.05) is 0 Å². The van der Waals surface area contributed by atoms with E-state index in [0.717, 1.165) is 0 Å². The summed E-state index contributed by atoms with van der Waals surface area (Å²) in [4.78, 5) is 28.8. The summed E-state index contributed by atoms with van der Waals surface area (Å²) in [6, 6.07) is 0. The van der Waals surface area contributed by atoms with Crippen LogP contribution in [0.25, 0.3) is 0 Å². The van der Waals surface area contributed by atoms with Crippen LogP contribution in [0, 0.1) is 0 Å². The van der Waals surface area contributed by atoms with E-state index in [4.69, 9.17) is 10.2 Å². The number of hydrogen-bond donors (Lipinski definition) is 2. The quantitative estimate of drug-likeness (QED) is 0.206. The van der Waals surface area contributed by atoms with Gasteiger partial charge in [-0.3, -0.25) is 0 Å². The molecule has 0 aliphatic carbocycles. The normalized spacial score (nSPS) is 5.71. The number of hydrogen-bond acceptors (Lipinski definition) is 5. The number of rotatable bonds is 0. The van der Waals surface area contributed by atoms with Gasteiger partial charge in [0.1, 0.15) is 0 Å². The molecule has 0 spiro atoms. The van der Waals surface area contributed by atoms with Crippen molar-refractivity contribution in [1.29, 1.82) is 0 Å². The maximum atomic E-state index is 9.86.